The molecule has 0 saturated carbocycles. The van der Waals surface area contributed by atoms with Crippen LogP contribution < -0.4 is 0 Å². The van der Waals surface area contributed by atoms with Crippen LogP contribution in [-0.2, 0) is 4.79 Å². The number of carbonyl (C=O) groups is 2. The number of rotatable bonds is 6. The summed E-state index contributed by atoms with van der Waals surface area (Å²) in [7, 11) is 0. The first kappa shape index (κ1) is 15.8. The second-order valence-electron chi connectivity index (χ2n) is 5.51. The van der Waals surface area contributed by atoms with E-state index in [2.05, 4.69) is 10.2 Å². The average molecular weight is 301 g/mol. The van der Waals surface area contributed by atoms with E-state index >= 15 is 0 Å². The third-order valence-corrected chi connectivity index (χ3v) is 3.08. The number of aromatic nitrogens is 2. The Morgan fingerprint density at radius 1 is 1.27 bits per heavy atom. The summed E-state index contributed by atoms with van der Waals surface area (Å²) in [6.45, 7) is 3.93. The van der Waals surface area contributed by atoms with Gasteiger partial charge in [-0.05, 0) is 12.0 Å². The van der Waals surface area contributed by atoms with Crippen molar-refractivity contribution in [3.8, 4) is 11.3 Å². The number of carboxylic acids is 1. The summed E-state index contributed by atoms with van der Waals surface area (Å²) < 4.78 is 0. The smallest absolute Gasteiger partial charge is 0.323 e. The molecule has 0 unspecified atom stereocenters. The van der Waals surface area contributed by atoms with Crippen molar-refractivity contribution in [3.63, 3.8) is 0 Å². The van der Waals surface area contributed by atoms with Crippen LogP contribution in [0.4, 0.5) is 0 Å². The van der Waals surface area contributed by atoms with Crippen LogP contribution >= 0.6 is 0 Å². The normalized spacial score (nSPS) is 10.7. The van der Waals surface area contributed by atoms with Gasteiger partial charge in [0.1, 0.15) is 12.2 Å². The predicted molar refractivity (Wildman–Crippen MR) is 82.4 cm³/mol. The largest absolute Gasteiger partial charge is 0.480 e. The molecule has 0 fully saturated rings. The Balaban J connectivity index is 2.20. The first-order valence-electron chi connectivity index (χ1n) is 7.09. The van der Waals surface area contributed by atoms with E-state index < -0.39 is 5.97 Å². The Morgan fingerprint density at radius 2 is 1.95 bits per heavy atom. The molecule has 2 aromatic rings. The highest BCUT2D eigenvalue weighted by Crippen LogP contribution is 2.18. The Bertz CT molecular complexity index is 650. The van der Waals surface area contributed by atoms with Gasteiger partial charge in [0.15, 0.2) is 0 Å². The molecule has 1 aromatic heterocycles. The monoisotopic (exact) mass is 301 g/mol. The van der Waals surface area contributed by atoms with Crippen LogP contribution in [0, 0.1) is 5.92 Å². The molecule has 0 saturated heterocycles. The lowest BCUT2D eigenvalue weighted by Gasteiger charge is -2.21. The number of carboxylic acid groups (broad SMARTS) is 1. The zero-order valence-electron chi connectivity index (χ0n) is 12.6. The van der Waals surface area contributed by atoms with E-state index in [9.17, 15) is 9.59 Å². The number of carbonyl (C=O) groups excluding carboxylic acids is 1. The molecule has 6 heteroatoms. The number of H-pyrrole nitrogens is 1. The van der Waals surface area contributed by atoms with Crippen molar-refractivity contribution in [2.75, 3.05) is 13.1 Å². The van der Waals surface area contributed by atoms with E-state index in [0.29, 0.717) is 17.9 Å². The molecule has 0 aliphatic heterocycles. The van der Waals surface area contributed by atoms with Crippen molar-refractivity contribution in [3.05, 3.63) is 42.1 Å². The Labute approximate surface area is 128 Å². The zero-order chi connectivity index (χ0) is 16.1. The molecule has 1 amide bonds. The van der Waals surface area contributed by atoms with Crippen LogP contribution in [0.5, 0.6) is 0 Å². The lowest BCUT2D eigenvalue weighted by atomic mass is 10.1. The molecule has 1 aromatic carbocycles. The van der Waals surface area contributed by atoms with Gasteiger partial charge in [-0.2, -0.15) is 5.10 Å². The zero-order valence-corrected chi connectivity index (χ0v) is 12.6. The minimum Gasteiger partial charge on any atom is -0.480 e. The molecule has 22 heavy (non-hydrogen) atoms. The molecule has 116 valence electrons. The summed E-state index contributed by atoms with van der Waals surface area (Å²) in [6, 6.07) is 11.1. The van der Waals surface area contributed by atoms with Crippen molar-refractivity contribution in [2.24, 2.45) is 5.92 Å². The van der Waals surface area contributed by atoms with E-state index in [0.717, 1.165) is 5.56 Å². The number of aliphatic carboxylic acids is 1. The van der Waals surface area contributed by atoms with Crippen molar-refractivity contribution < 1.29 is 14.7 Å². The molecule has 2 rings (SSSR count). The molecular formula is C16H19N3O3. The third kappa shape index (κ3) is 3.94. The summed E-state index contributed by atoms with van der Waals surface area (Å²) in [4.78, 5) is 24.7. The van der Waals surface area contributed by atoms with Gasteiger partial charge in [-0.15, -0.1) is 0 Å². The molecular weight excluding hydrogens is 282 g/mol. The molecule has 2 N–H and O–H groups in total. The maximum Gasteiger partial charge on any atom is 0.323 e. The topological polar surface area (TPSA) is 86.3 Å². The molecule has 0 aliphatic rings. The first-order chi connectivity index (χ1) is 10.5. The summed E-state index contributed by atoms with van der Waals surface area (Å²) in [5.74, 6) is -1.21. The first-order valence-corrected chi connectivity index (χ1v) is 7.09. The predicted octanol–water partition coefficient (Wildman–Crippen LogP) is 2.26. The fourth-order valence-corrected chi connectivity index (χ4v) is 2.18. The van der Waals surface area contributed by atoms with Crippen molar-refractivity contribution in [1.82, 2.24) is 15.1 Å². The van der Waals surface area contributed by atoms with Gasteiger partial charge < -0.3 is 10.0 Å². The van der Waals surface area contributed by atoms with Gasteiger partial charge in [0.2, 0.25) is 0 Å². The van der Waals surface area contributed by atoms with Gasteiger partial charge in [0, 0.05) is 12.1 Å². The van der Waals surface area contributed by atoms with Crippen molar-refractivity contribution in [2.45, 2.75) is 13.8 Å². The van der Waals surface area contributed by atoms with Crippen molar-refractivity contribution >= 4 is 11.9 Å². The second kappa shape index (κ2) is 6.89. The van der Waals surface area contributed by atoms with Crippen LogP contribution in [0.25, 0.3) is 11.3 Å². The summed E-state index contributed by atoms with van der Waals surface area (Å²) in [5, 5.41) is 15.8. The Kier molecular flexibility index (Phi) is 4.93. The molecule has 1 heterocycles. The minimum absolute atomic E-state index is 0.180. The maximum atomic E-state index is 12.5. The molecule has 0 bridgehead atoms. The Hall–Kier alpha value is -2.63. The van der Waals surface area contributed by atoms with Crippen LogP contribution in [0.15, 0.2) is 36.4 Å². The maximum absolute atomic E-state index is 12.5. The standard InChI is InChI=1S/C16H19N3O3/c1-11(2)9-19(10-15(20)21)16(22)14-8-13(17-18-14)12-6-4-3-5-7-12/h3-8,11H,9-10H2,1-2H3,(H,17,18)(H,20,21). The Morgan fingerprint density at radius 3 is 2.55 bits per heavy atom. The van der Waals surface area contributed by atoms with E-state index in [-0.39, 0.29) is 18.4 Å². The fraction of sp³-hybridized carbons (Fsp3) is 0.312. The molecule has 6 nitrogen and oxygen atoms in total. The van der Waals surface area contributed by atoms with Gasteiger partial charge in [-0.1, -0.05) is 44.2 Å². The highest BCUT2D eigenvalue weighted by molar-refractivity contribution is 5.95. The molecule has 0 aliphatic carbocycles. The number of hydrogen-bond donors (Lipinski definition) is 2. The van der Waals surface area contributed by atoms with Gasteiger partial charge in [0.25, 0.3) is 5.91 Å². The number of aromatic amines is 1. The lowest BCUT2D eigenvalue weighted by Crippen LogP contribution is -2.38. The van der Waals surface area contributed by atoms with Crippen molar-refractivity contribution in [1.29, 1.82) is 0 Å². The van der Waals surface area contributed by atoms with E-state index in [1.807, 2.05) is 44.2 Å². The highest BCUT2D eigenvalue weighted by atomic mass is 16.4. The van der Waals surface area contributed by atoms with Gasteiger partial charge in [0.05, 0.1) is 5.69 Å². The minimum atomic E-state index is -1.03. The summed E-state index contributed by atoms with van der Waals surface area (Å²) in [5.41, 5.74) is 1.84. The second-order valence-corrected chi connectivity index (χ2v) is 5.51. The number of amides is 1. The summed E-state index contributed by atoms with van der Waals surface area (Å²) in [6.07, 6.45) is 0. The van der Waals surface area contributed by atoms with E-state index in [4.69, 9.17) is 5.11 Å². The van der Waals surface area contributed by atoms with Crippen LogP contribution in [-0.4, -0.2) is 45.2 Å². The van der Waals surface area contributed by atoms with Gasteiger partial charge >= 0.3 is 5.97 Å². The molecule has 0 atom stereocenters. The van der Waals surface area contributed by atoms with E-state index in [1.165, 1.54) is 4.90 Å². The molecule has 0 radical (unpaired) electrons. The average Bonchev–Trinajstić information content (AvgIpc) is 2.95. The summed E-state index contributed by atoms with van der Waals surface area (Å²) >= 11 is 0. The third-order valence-electron chi connectivity index (χ3n) is 3.08. The SMILES string of the molecule is CC(C)CN(CC(=O)O)C(=O)c1cc(-c2ccccc2)n[nH]1. The van der Waals surface area contributed by atoms with Gasteiger partial charge in [-0.25, -0.2) is 0 Å². The molecule has 0 spiro atoms. The quantitative estimate of drug-likeness (QED) is 0.857. The number of hydrogen-bond acceptors (Lipinski definition) is 3. The van der Waals surface area contributed by atoms with Crippen LogP contribution in [0.1, 0.15) is 24.3 Å². The van der Waals surface area contributed by atoms with Crippen LogP contribution in [0.2, 0.25) is 0 Å². The highest BCUT2D eigenvalue weighted by Gasteiger charge is 2.21. The number of benzene rings is 1. The van der Waals surface area contributed by atoms with Gasteiger partial charge in [-0.3, -0.25) is 14.7 Å². The van der Waals surface area contributed by atoms with E-state index in [1.54, 1.807) is 6.07 Å². The lowest BCUT2D eigenvalue weighted by molar-refractivity contribution is -0.137. The fourth-order valence-electron chi connectivity index (χ4n) is 2.18. The number of nitrogens with one attached hydrogen (secondary N) is 1. The van der Waals surface area contributed by atoms with Crippen LogP contribution in [0.3, 0.4) is 0 Å². The number of nitrogens with zero attached hydrogens (tertiary/aromatic N) is 2.